The molecule has 1 aromatic heterocycles. The summed E-state index contributed by atoms with van der Waals surface area (Å²) in [4.78, 5) is 15.7. The lowest BCUT2D eigenvalue weighted by atomic mass is 10.0. The number of alkyl halides is 6. The van der Waals surface area contributed by atoms with Crippen molar-refractivity contribution in [3.8, 4) is 33.9 Å². The van der Waals surface area contributed by atoms with Gasteiger partial charge in [0.05, 0.1) is 11.3 Å². The first-order valence-corrected chi connectivity index (χ1v) is 8.37. The smallest absolute Gasteiger partial charge is 0.478 e. The predicted octanol–water partition coefficient (Wildman–Crippen LogP) is 5.91. The Morgan fingerprint density at radius 3 is 1.81 bits per heavy atom. The second kappa shape index (κ2) is 8.17. The number of nitrogens with zero attached hydrogens (tertiary/aromatic N) is 1. The molecule has 5 nitrogen and oxygen atoms in total. The molecular formula is C20H11F6NO4. The van der Waals surface area contributed by atoms with Gasteiger partial charge >= 0.3 is 18.7 Å². The average molecular weight is 443 g/mol. The summed E-state index contributed by atoms with van der Waals surface area (Å²) in [5, 5.41) is 9.54. The van der Waals surface area contributed by atoms with E-state index in [1.54, 1.807) is 0 Å². The number of benzene rings is 2. The monoisotopic (exact) mass is 443 g/mol. The van der Waals surface area contributed by atoms with Crippen molar-refractivity contribution in [2.24, 2.45) is 0 Å². The molecule has 0 amide bonds. The van der Waals surface area contributed by atoms with Crippen molar-refractivity contribution in [1.29, 1.82) is 0 Å². The average Bonchev–Trinajstić information content (AvgIpc) is 2.65. The van der Waals surface area contributed by atoms with E-state index in [1.165, 1.54) is 30.5 Å². The van der Waals surface area contributed by atoms with E-state index in [4.69, 9.17) is 0 Å². The third-order valence-electron chi connectivity index (χ3n) is 3.86. The molecule has 1 heterocycles. The SMILES string of the molecule is O=C(O)c1cc(-c2cccc(OC(F)(F)F)c2)cnc1-c1cccc(OC(F)(F)F)c1. The van der Waals surface area contributed by atoms with Crippen molar-refractivity contribution in [1.82, 2.24) is 4.98 Å². The number of ether oxygens (including phenoxy) is 2. The van der Waals surface area contributed by atoms with Crippen molar-refractivity contribution in [3.05, 3.63) is 66.4 Å². The Kier molecular flexibility index (Phi) is 5.78. The molecule has 2 aromatic carbocycles. The van der Waals surface area contributed by atoms with Crippen LogP contribution in [0, 0.1) is 0 Å². The molecule has 3 aromatic rings. The molecule has 0 spiro atoms. The molecule has 0 saturated heterocycles. The number of carbonyl (C=O) groups is 1. The van der Waals surface area contributed by atoms with Crippen LogP contribution in [0.15, 0.2) is 60.8 Å². The van der Waals surface area contributed by atoms with Crippen LogP contribution < -0.4 is 9.47 Å². The Bertz CT molecular complexity index is 1110. The predicted molar refractivity (Wildman–Crippen MR) is 95.4 cm³/mol. The van der Waals surface area contributed by atoms with Crippen LogP contribution in [0.5, 0.6) is 11.5 Å². The summed E-state index contributed by atoms with van der Waals surface area (Å²) in [5.41, 5.74) is -0.121. The Balaban J connectivity index is 2.01. The number of rotatable bonds is 5. The molecule has 0 aliphatic rings. The lowest BCUT2D eigenvalue weighted by Gasteiger charge is -2.13. The highest BCUT2D eigenvalue weighted by atomic mass is 19.4. The topological polar surface area (TPSA) is 68.7 Å². The van der Waals surface area contributed by atoms with Crippen molar-refractivity contribution >= 4 is 5.97 Å². The lowest BCUT2D eigenvalue weighted by molar-refractivity contribution is -0.275. The zero-order valence-electron chi connectivity index (χ0n) is 15.2. The number of carboxylic acid groups (broad SMARTS) is 1. The highest BCUT2D eigenvalue weighted by Crippen LogP contribution is 2.32. The van der Waals surface area contributed by atoms with Gasteiger partial charge in [-0.3, -0.25) is 4.98 Å². The Morgan fingerprint density at radius 1 is 0.774 bits per heavy atom. The summed E-state index contributed by atoms with van der Waals surface area (Å²) in [6.45, 7) is 0. The Labute approximate surface area is 170 Å². The van der Waals surface area contributed by atoms with Gasteiger partial charge in [-0.2, -0.15) is 0 Å². The maximum atomic E-state index is 12.4. The Morgan fingerprint density at radius 2 is 1.29 bits per heavy atom. The Hall–Kier alpha value is -3.76. The molecule has 1 N–H and O–H groups in total. The molecule has 11 heteroatoms. The van der Waals surface area contributed by atoms with Crippen LogP contribution in [-0.2, 0) is 0 Å². The number of hydrogen-bond donors (Lipinski definition) is 1. The molecule has 31 heavy (non-hydrogen) atoms. The van der Waals surface area contributed by atoms with Gasteiger partial charge in [-0.1, -0.05) is 24.3 Å². The van der Waals surface area contributed by atoms with Gasteiger partial charge in [0, 0.05) is 17.3 Å². The summed E-state index contributed by atoms with van der Waals surface area (Å²) in [6, 6.07) is 10.6. The fourth-order valence-electron chi connectivity index (χ4n) is 2.73. The molecule has 0 unspecified atom stereocenters. The zero-order valence-corrected chi connectivity index (χ0v) is 15.2. The minimum Gasteiger partial charge on any atom is -0.478 e. The van der Waals surface area contributed by atoms with E-state index in [0.717, 1.165) is 30.3 Å². The molecular weight excluding hydrogens is 432 g/mol. The van der Waals surface area contributed by atoms with Crippen LogP contribution in [0.3, 0.4) is 0 Å². The van der Waals surface area contributed by atoms with Gasteiger partial charge in [0.25, 0.3) is 0 Å². The van der Waals surface area contributed by atoms with E-state index in [2.05, 4.69) is 14.5 Å². The number of carboxylic acids is 1. The molecule has 0 bridgehead atoms. The quantitative estimate of drug-likeness (QED) is 0.497. The lowest BCUT2D eigenvalue weighted by Crippen LogP contribution is -2.17. The minimum absolute atomic E-state index is 0.0415. The number of aromatic nitrogens is 1. The van der Waals surface area contributed by atoms with Crippen molar-refractivity contribution in [2.45, 2.75) is 12.7 Å². The van der Waals surface area contributed by atoms with Crippen LogP contribution in [-0.4, -0.2) is 28.8 Å². The van der Waals surface area contributed by atoms with E-state index in [0.29, 0.717) is 0 Å². The summed E-state index contributed by atoms with van der Waals surface area (Å²) >= 11 is 0. The highest BCUT2D eigenvalue weighted by Gasteiger charge is 2.32. The third-order valence-corrected chi connectivity index (χ3v) is 3.86. The van der Waals surface area contributed by atoms with E-state index in [9.17, 15) is 36.2 Å². The summed E-state index contributed by atoms with van der Waals surface area (Å²) < 4.78 is 82.3. The fraction of sp³-hybridized carbons (Fsp3) is 0.100. The maximum Gasteiger partial charge on any atom is 0.573 e. The molecule has 0 radical (unpaired) electrons. The number of halogens is 6. The van der Waals surface area contributed by atoms with E-state index in [1.807, 2.05) is 0 Å². The maximum absolute atomic E-state index is 12.4. The van der Waals surface area contributed by atoms with Gasteiger partial charge in [-0.15, -0.1) is 26.3 Å². The normalized spacial score (nSPS) is 11.8. The first-order chi connectivity index (χ1) is 14.4. The van der Waals surface area contributed by atoms with Gasteiger partial charge in [0.1, 0.15) is 11.5 Å². The molecule has 0 aliphatic carbocycles. The van der Waals surface area contributed by atoms with E-state index >= 15 is 0 Å². The molecule has 3 rings (SSSR count). The summed E-state index contributed by atoms with van der Waals surface area (Å²) in [5.74, 6) is -2.51. The fourth-order valence-corrected chi connectivity index (χ4v) is 2.73. The van der Waals surface area contributed by atoms with Crippen LogP contribution in [0.4, 0.5) is 26.3 Å². The molecule has 0 saturated carbocycles. The van der Waals surface area contributed by atoms with Gasteiger partial charge in [-0.05, 0) is 35.9 Å². The molecule has 0 aliphatic heterocycles. The minimum atomic E-state index is -4.94. The van der Waals surface area contributed by atoms with Crippen LogP contribution in [0.2, 0.25) is 0 Å². The second-order valence-electron chi connectivity index (χ2n) is 6.08. The van der Waals surface area contributed by atoms with E-state index < -0.39 is 30.2 Å². The van der Waals surface area contributed by atoms with Gasteiger partial charge in [0.15, 0.2) is 0 Å². The third kappa shape index (κ3) is 5.87. The highest BCUT2D eigenvalue weighted by molar-refractivity contribution is 5.96. The van der Waals surface area contributed by atoms with E-state index in [-0.39, 0.29) is 27.9 Å². The molecule has 0 atom stereocenters. The van der Waals surface area contributed by atoms with Crippen molar-refractivity contribution < 1.29 is 45.7 Å². The number of aromatic carboxylic acids is 1. The van der Waals surface area contributed by atoms with Crippen LogP contribution in [0.1, 0.15) is 10.4 Å². The van der Waals surface area contributed by atoms with Crippen LogP contribution in [0.25, 0.3) is 22.4 Å². The van der Waals surface area contributed by atoms with Gasteiger partial charge in [-0.25, -0.2) is 4.79 Å². The largest absolute Gasteiger partial charge is 0.573 e. The molecule has 162 valence electrons. The first kappa shape index (κ1) is 21.9. The van der Waals surface area contributed by atoms with Gasteiger partial charge < -0.3 is 14.6 Å². The summed E-state index contributed by atoms with van der Waals surface area (Å²) in [6.07, 6.45) is -8.66. The molecule has 0 fully saturated rings. The van der Waals surface area contributed by atoms with Crippen LogP contribution >= 0.6 is 0 Å². The second-order valence-corrected chi connectivity index (χ2v) is 6.08. The zero-order chi connectivity index (χ0) is 22.8. The summed E-state index contributed by atoms with van der Waals surface area (Å²) in [7, 11) is 0. The number of pyridine rings is 1. The standard InChI is InChI=1S/C20H11F6NO4/c21-19(22,23)30-14-5-1-3-11(7-14)13-9-16(18(28)29)17(27-10-13)12-4-2-6-15(8-12)31-20(24,25)26/h1-10H,(H,28,29). The van der Waals surface area contributed by atoms with Crippen molar-refractivity contribution in [3.63, 3.8) is 0 Å². The van der Waals surface area contributed by atoms with Crippen molar-refractivity contribution in [2.75, 3.05) is 0 Å². The van der Waals surface area contributed by atoms with Gasteiger partial charge in [0.2, 0.25) is 0 Å². The number of hydrogen-bond acceptors (Lipinski definition) is 4. The first-order valence-electron chi connectivity index (χ1n) is 8.37.